The largest absolute Gasteiger partial charge is 0.309 e. The Balaban J connectivity index is 1.06. The highest BCUT2D eigenvalue weighted by Gasteiger charge is 2.48. The van der Waals surface area contributed by atoms with E-state index in [4.69, 9.17) is 0 Å². The summed E-state index contributed by atoms with van der Waals surface area (Å²) < 4.78 is 5.12. The summed E-state index contributed by atoms with van der Waals surface area (Å²) in [4.78, 5) is 5.15. The Morgan fingerprint density at radius 3 is 1.85 bits per heavy atom. The van der Waals surface area contributed by atoms with Crippen molar-refractivity contribution in [3.8, 4) is 16.8 Å². The topological polar surface area (TPSA) is 8.17 Å². The van der Waals surface area contributed by atoms with E-state index < -0.39 is 5.41 Å². The van der Waals surface area contributed by atoms with Gasteiger partial charge in [-0.15, -0.1) is 11.3 Å². The molecule has 2 aliphatic rings. The van der Waals surface area contributed by atoms with Crippen LogP contribution < -0.4 is 4.90 Å². The van der Waals surface area contributed by atoms with E-state index in [-0.39, 0.29) is 0 Å². The van der Waals surface area contributed by atoms with Crippen molar-refractivity contribution in [1.29, 1.82) is 0 Å². The van der Waals surface area contributed by atoms with Gasteiger partial charge in [0, 0.05) is 57.2 Å². The molecule has 2 nitrogen and oxygen atoms in total. The molecule has 0 bridgehead atoms. The van der Waals surface area contributed by atoms with Gasteiger partial charge < -0.3 is 9.47 Å². The number of hydrogen-bond donors (Lipinski definition) is 0. The summed E-state index contributed by atoms with van der Waals surface area (Å²) >= 11 is 3.76. The molecule has 0 saturated carbocycles. The zero-order valence-electron chi connectivity index (χ0n) is 36.2. The fraction of sp³-hybridized carbons (Fsp3) is 0.0159. The third-order valence-electron chi connectivity index (χ3n) is 14.6. The maximum atomic E-state index is 2.54. The predicted molar refractivity (Wildman–Crippen MR) is 285 cm³/mol. The first kappa shape index (κ1) is 37.3. The lowest BCUT2D eigenvalue weighted by Gasteiger charge is -2.46. The summed E-state index contributed by atoms with van der Waals surface area (Å²) in [6.07, 6.45) is 0. The molecule has 2 aromatic heterocycles. The molecule has 1 aliphatic heterocycles. The molecule has 4 heteroatoms. The highest BCUT2D eigenvalue weighted by molar-refractivity contribution is 7.99. The molecule has 67 heavy (non-hydrogen) atoms. The minimum absolute atomic E-state index is 0.517. The molecular formula is C63H38N2S2. The highest BCUT2D eigenvalue weighted by atomic mass is 32.2. The Morgan fingerprint density at radius 1 is 0.373 bits per heavy atom. The number of anilines is 3. The molecule has 11 aromatic carbocycles. The van der Waals surface area contributed by atoms with Gasteiger partial charge >= 0.3 is 0 Å². The van der Waals surface area contributed by atoms with Crippen LogP contribution in [-0.4, -0.2) is 4.57 Å². The quantitative estimate of drug-likeness (QED) is 0.174. The number of nitrogens with zero attached hydrogens (tertiary/aromatic N) is 2. The summed E-state index contributed by atoms with van der Waals surface area (Å²) in [6.45, 7) is 0. The second-order valence-corrected chi connectivity index (χ2v) is 20.1. The van der Waals surface area contributed by atoms with E-state index in [0.29, 0.717) is 0 Å². The number of benzene rings is 11. The molecule has 13 aromatic rings. The molecule has 0 amide bonds. The van der Waals surface area contributed by atoms with Gasteiger partial charge in [-0.1, -0.05) is 182 Å². The average molecular weight is 887 g/mol. The average Bonchev–Trinajstić information content (AvgIpc) is 3.94. The third-order valence-corrected chi connectivity index (χ3v) is 16.9. The molecule has 0 atom stereocenters. The summed E-state index contributed by atoms with van der Waals surface area (Å²) in [5, 5.41) is 10.00. The normalized spacial score (nSPS) is 13.4. The summed E-state index contributed by atoms with van der Waals surface area (Å²) in [6, 6.07) is 86.5. The molecule has 0 radical (unpaired) electrons. The maximum absolute atomic E-state index is 2.54. The minimum atomic E-state index is -0.517. The van der Waals surface area contributed by atoms with E-state index in [1.54, 1.807) is 0 Å². The van der Waals surface area contributed by atoms with Crippen molar-refractivity contribution in [2.75, 3.05) is 4.90 Å². The minimum Gasteiger partial charge on any atom is -0.309 e. The second-order valence-electron chi connectivity index (χ2n) is 17.9. The van der Waals surface area contributed by atoms with Crippen molar-refractivity contribution in [3.05, 3.63) is 253 Å². The van der Waals surface area contributed by atoms with E-state index in [1.807, 2.05) is 23.1 Å². The zero-order valence-corrected chi connectivity index (χ0v) is 37.8. The summed E-state index contributed by atoms with van der Waals surface area (Å²) in [5.74, 6) is 0. The standard InChI is InChI=1S/C63H38N2S2/c1-2-18-41-39(16-1)17-13-28-52(41)64(40-34-35-44-43-20-4-9-27-53(43)65(56(44)38-40)55-29-15-33-60-62(55)47-21-5-10-30-57(47)66-60)54-37-36-45-42-19-3-6-23-48(42)63(51-26-14-22-46(54)61(45)51)49-24-7-11-31-58(49)67-59-32-12-8-25-50(59)63/h1-38H. The number of hydrogen-bond acceptors (Lipinski definition) is 3. The molecular weight excluding hydrogens is 849 g/mol. The number of aromatic nitrogens is 1. The van der Waals surface area contributed by atoms with Gasteiger partial charge in [-0.3, -0.25) is 0 Å². The monoisotopic (exact) mass is 886 g/mol. The highest BCUT2D eigenvalue weighted by Crippen LogP contribution is 2.62. The number of rotatable bonds is 4. The van der Waals surface area contributed by atoms with Crippen molar-refractivity contribution in [1.82, 2.24) is 4.57 Å². The maximum Gasteiger partial charge on any atom is 0.0735 e. The second kappa shape index (κ2) is 14.1. The fourth-order valence-corrected chi connectivity index (χ4v) is 14.3. The predicted octanol–water partition coefficient (Wildman–Crippen LogP) is 17.8. The van der Waals surface area contributed by atoms with Crippen LogP contribution in [0, 0.1) is 0 Å². The lowest BCUT2D eigenvalue weighted by molar-refractivity contribution is 0.707. The van der Waals surface area contributed by atoms with E-state index >= 15 is 0 Å². The summed E-state index contributed by atoms with van der Waals surface area (Å²) in [7, 11) is 0. The Bertz CT molecular complexity index is 4180. The lowest BCUT2D eigenvalue weighted by atomic mass is 9.59. The van der Waals surface area contributed by atoms with Crippen molar-refractivity contribution >= 4 is 104 Å². The molecule has 0 N–H and O–H groups in total. The molecule has 0 unspecified atom stereocenters. The van der Waals surface area contributed by atoms with Gasteiger partial charge in [0.05, 0.1) is 33.5 Å². The zero-order chi connectivity index (χ0) is 43.8. The Hall–Kier alpha value is -7.89. The molecule has 1 spiro atoms. The smallest absolute Gasteiger partial charge is 0.0735 e. The third kappa shape index (κ3) is 5.06. The van der Waals surface area contributed by atoms with Gasteiger partial charge in [-0.05, 0) is 105 Å². The Morgan fingerprint density at radius 2 is 0.985 bits per heavy atom. The van der Waals surface area contributed by atoms with Gasteiger partial charge in [0.15, 0.2) is 0 Å². The van der Waals surface area contributed by atoms with E-state index in [0.717, 1.165) is 17.1 Å². The van der Waals surface area contributed by atoms with E-state index in [2.05, 4.69) is 240 Å². The van der Waals surface area contributed by atoms with Crippen molar-refractivity contribution in [2.45, 2.75) is 15.2 Å². The van der Waals surface area contributed by atoms with Crippen molar-refractivity contribution in [2.24, 2.45) is 0 Å². The Kier molecular flexibility index (Phi) is 7.84. The first-order valence-electron chi connectivity index (χ1n) is 23.0. The van der Waals surface area contributed by atoms with Crippen LogP contribution in [-0.2, 0) is 5.41 Å². The van der Waals surface area contributed by atoms with Crippen molar-refractivity contribution < 1.29 is 0 Å². The lowest BCUT2D eigenvalue weighted by Crippen LogP contribution is -2.36. The van der Waals surface area contributed by atoms with Crippen LogP contribution in [0.1, 0.15) is 22.3 Å². The van der Waals surface area contributed by atoms with Gasteiger partial charge in [-0.2, -0.15) is 0 Å². The Labute approximate surface area is 395 Å². The van der Waals surface area contributed by atoms with Crippen LogP contribution >= 0.6 is 23.1 Å². The molecule has 1 aliphatic carbocycles. The first-order valence-corrected chi connectivity index (χ1v) is 24.6. The van der Waals surface area contributed by atoms with Crippen LogP contribution in [0.25, 0.3) is 80.3 Å². The molecule has 312 valence electrons. The van der Waals surface area contributed by atoms with Crippen LogP contribution in [0.5, 0.6) is 0 Å². The van der Waals surface area contributed by atoms with Gasteiger partial charge in [-0.25, -0.2) is 0 Å². The molecule has 0 saturated heterocycles. The molecule has 3 heterocycles. The van der Waals surface area contributed by atoms with Crippen molar-refractivity contribution in [3.63, 3.8) is 0 Å². The van der Waals surface area contributed by atoms with E-state index in [1.165, 1.54) is 112 Å². The number of para-hydroxylation sites is 1. The number of thiophene rings is 1. The van der Waals surface area contributed by atoms with Crippen LogP contribution in [0.2, 0.25) is 0 Å². The summed E-state index contributed by atoms with van der Waals surface area (Å²) in [5.41, 5.74) is 14.3. The van der Waals surface area contributed by atoms with Crippen LogP contribution in [0.15, 0.2) is 240 Å². The molecule has 15 rings (SSSR count). The van der Waals surface area contributed by atoms with Gasteiger partial charge in [0.25, 0.3) is 0 Å². The van der Waals surface area contributed by atoms with Crippen LogP contribution in [0.4, 0.5) is 17.1 Å². The number of fused-ring (bicyclic) bond motifs is 15. The first-order chi connectivity index (χ1) is 33.3. The fourth-order valence-electron chi connectivity index (χ4n) is 12.0. The van der Waals surface area contributed by atoms with Crippen LogP contribution in [0.3, 0.4) is 0 Å². The van der Waals surface area contributed by atoms with Gasteiger partial charge in [0.1, 0.15) is 0 Å². The molecule has 0 fully saturated rings. The SMILES string of the molecule is c1ccc2c(c1)Sc1ccccc1C21c2ccccc2-c2ccc(N(c3ccc4c5ccccc5n(-c5cccc6sc7ccccc7c56)c4c3)c3cccc4ccccc34)c3cccc1c23. The van der Waals surface area contributed by atoms with E-state index in [9.17, 15) is 0 Å². The van der Waals surface area contributed by atoms with Gasteiger partial charge in [0.2, 0.25) is 0 Å².